The summed E-state index contributed by atoms with van der Waals surface area (Å²) in [4.78, 5) is 0. The van der Waals surface area contributed by atoms with Gasteiger partial charge in [0.25, 0.3) is 0 Å². The number of halogens is 3. The Balaban J connectivity index is 2.30. The predicted molar refractivity (Wildman–Crippen MR) is 83.1 cm³/mol. The molecule has 0 heterocycles. The van der Waals surface area contributed by atoms with Crippen molar-refractivity contribution in [2.45, 2.75) is 19.4 Å². The van der Waals surface area contributed by atoms with Gasteiger partial charge in [0.1, 0.15) is 5.82 Å². The Bertz CT molecular complexity index is 593. The summed E-state index contributed by atoms with van der Waals surface area (Å²) in [5, 5.41) is 4.43. The first-order chi connectivity index (χ1) is 9.49. The fraction of sp³-hybridized carbons (Fsp3) is 0.250. The average Bonchev–Trinajstić information content (AvgIpc) is 2.38. The van der Waals surface area contributed by atoms with E-state index >= 15 is 0 Å². The number of likely N-dealkylation sites (N-methyl/N-ethyl adjacent to an activating group) is 1. The minimum Gasteiger partial charge on any atom is -0.313 e. The third-order valence-corrected chi connectivity index (χ3v) is 3.81. The lowest BCUT2D eigenvalue weighted by Gasteiger charge is -2.19. The van der Waals surface area contributed by atoms with Crippen LogP contribution in [0.4, 0.5) is 4.39 Å². The minimum atomic E-state index is -0.218. The monoisotopic (exact) mass is 311 g/mol. The van der Waals surface area contributed by atoms with E-state index < -0.39 is 0 Å². The number of benzene rings is 2. The lowest BCUT2D eigenvalue weighted by molar-refractivity contribution is 0.582. The van der Waals surface area contributed by atoms with Crippen LogP contribution in [-0.4, -0.2) is 7.05 Å². The predicted octanol–water partition coefficient (Wildman–Crippen LogP) is 4.94. The fourth-order valence-electron chi connectivity index (χ4n) is 2.24. The van der Waals surface area contributed by atoms with Gasteiger partial charge in [-0.3, -0.25) is 0 Å². The molecule has 0 aliphatic rings. The van der Waals surface area contributed by atoms with E-state index in [1.807, 2.05) is 26.1 Å². The highest BCUT2D eigenvalue weighted by Gasteiger charge is 2.13. The van der Waals surface area contributed by atoms with Crippen LogP contribution < -0.4 is 5.32 Å². The Hall–Kier alpha value is -1.09. The van der Waals surface area contributed by atoms with E-state index in [0.717, 1.165) is 16.7 Å². The van der Waals surface area contributed by atoms with Crippen molar-refractivity contribution < 1.29 is 4.39 Å². The van der Waals surface area contributed by atoms with Gasteiger partial charge in [-0.25, -0.2) is 4.39 Å². The van der Waals surface area contributed by atoms with Gasteiger partial charge in [-0.05, 0) is 67.4 Å². The second-order valence-electron chi connectivity index (χ2n) is 4.82. The highest BCUT2D eigenvalue weighted by Crippen LogP contribution is 2.26. The molecule has 0 bridgehead atoms. The topological polar surface area (TPSA) is 12.0 Å². The molecule has 4 heteroatoms. The van der Waals surface area contributed by atoms with Crippen molar-refractivity contribution in [3.8, 4) is 0 Å². The normalized spacial score (nSPS) is 12.4. The third-order valence-electron chi connectivity index (χ3n) is 3.37. The molecule has 1 N–H and O–H groups in total. The van der Waals surface area contributed by atoms with E-state index in [1.165, 1.54) is 6.07 Å². The third kappa shape index (κ3) is 3.72. The molecule has 106 valence electrons. The SMILES string of the molecule is CNC(Cc1cc(F)ccc1C)c1cc(Cl)cc(Cl)c1. The molecule has 1 nitrogen and oxygen atoms in total. The minimum absolute atomic E-state index is 0.0340. The molecular weight excluding hydrogens is 296 g/mol. The van der Waals surface area contributed by atoms with Crippen LogP contribution in [0.25, 0.3) is 0 Å². The molecule has 2 aromatic carbocycles. The second kappa shape index (κ2) is 6.57. The lowest BCUT2D eigenvalue weighted by atomic mass is 9.96. The molecule has 0 saturated heterocycles. The lowest BCUT2D eigenvalue weighted by Crippen LogP contribution is -2.19. The Morgan fingerprint density at radius 1 is 1.10 bits per heavy atom. The number of nitrogens with one attached hydrogen (secondary N) is 1. The van der Waals surface area contributed by atoms with E-state index in [2.05, 4.69) is 5.32 Å². The van der Waals surface area contributed by atoms with Crippen LogP contribution >= 0.6 is 23.2 Å². The number of rotatable bonds is 4. The van der Waals surface area contributed by atoms with Crippen molar-refractivity contribution in [1.82, 2.24) is 5.32 Å². The summed E-state index contributed by atoms with van der Waals surface area (Å²) >= 11 is 12.1. The van der Waals surface area contributed by atoms with Gasteiger partial charge >= 0.3 is 0 Å². The molecule has 2 aromatic rings. The zero-order chi connectivity index (χ0) is 14.7. The molecule has 0 aromatic heterocycles. The Morgan fingerprint density at radius 3 is 2.35 bits per heavy atom. The largest absolute Gasteiger partial charge is 0.313 e. The zero-order valence-electron chi connectivity index (χ0n) is 11.4. The number of hydrogen-bond acceptors (Lipinski definition) is 1. The zero-order valence-corrected chi connectivity index (χ0v) is 12.9. The van der Waals surface area contributed by atoms with Crippen molar-refractivity contribution >= 4 is 23.2 Å². The van der Waals surface area contributed by atoms with Crippen molar-refractivity contribution in [2.75, 3.05) is 7.05 Å². The van der Waals surface area contributed by atoms with E-state index in [9.17, 15) is 4.39 Å². The first kappa shape index (κ1) is 15.3. The van der Waals surface area contributed by atoms with Crippen molar-refractivity contribution in [3.63, 3.8) is 0 Å². The van der Waals surface area contributed by atoms with Gasteiger partial charge in [-0.2, -0.15) is 0 Å². The summed E-state index contributed by atoms with van der Waals surface area (Å²) in [6.45, 7) is 1.98. The van der Waals surface area contributed by atoms with E-state index in [-0.39, 0.29) is 11.9 Å². The van der Waals surface area contributed by atoms with Crippen LogP contribution in [0.15, 0.2) is 36.4 Å². The van der Waals surface area contributed by atoms with Crippen LogP contribution in [0.1, 0.15) is 22.7 Å². The Morgan fingerprint density at radius 2 is 1.75 bits per heavy atom. The molecule has 1 atom stereocenters. The van der Waals surface area contributed by atoms with Crippen LogP contribution in [0.5, 0.6) is 0 Å². The maximum atomic E-state index is 13.4. The van der Waals surface area contributed by atoms with E-state index in [4.69, 9.17) is 23.2 Å². The Labute approximate surface area is 128 Å². The van der Waals surface area contributed by atoms with Crippen LogP contribution in [0.3, 0.4) is 0 Å². The van der Waals surface area contributed by atoms with Gasteiger partial charge in [-0.1, -0.05) is 29.3 Å². The standard InChI is InChI=1S/C16H16Cl2FN/c1-10-3-4-15(19)7-11(10)8-16(20-2)12-5-13(17)9-14(18)6-12/h3-7,9,16,20H,8H2,1-2H3. The molecule has 0 aliphatic carbocycles. The van der Waals surface area contributed by atoms with Gasteiger partial charge in [0, 0.05) is 16.1 Å². The first-order valence-corrected chi connectivity index (χ1v) is 7.13. The van der Waals surface area contributed by atoms with Crippen LogP contribution in [0.2, 0.25) is 10.0 Å². The van der Waals surface area contributed by atoms with E-state index in [0.29, 0.717) is 16.5 Å². The molecule has 0 fully saturated rings. The number of aryl methyl sites for hydroxylation is 1. The molecule has 0 aliphatic heterocycles. The van der Waals surface area contributed by atoms with Crippen LogP contribution in [0, 0.1) is 12.7 Å². The molecule has 0 saturated carbocycles. The van der Waals surface area contributed by atoms with Gasteiger partial charge in [0.15, 0.2) is 0 Å². The van der Waals surface area contributed by atoms with Gasteiger partial charge in [0.05, 0.1) is 0 Å². The molecule has 0 radical (unpaired) electrons. The summed E-state index contributed by atoms with van der Waals surface area (Å²) < 4.78 is 13.4. The maximum Gasteiger partial charge on any atom is 0.123 e. The maximum absolute atomic E-state index is 13.4. The molecule has 20 heavy (non-hydrogen) atoms. The quantitative estimate of drug-likeness (QED) is 0.843. The molecule has 0 spiro atoms. The Kier molecular flexibility index (Phi) is 5.03. The fourth-order valence-corrected chi connectivity index (χ4v) is 2.79. The van der Waals surface area contributed by atoms with Crippen molar-refractivity contribution in [1.29, 1.82) is 0 Å². The second-order valence-corrected chi connectivity index (χ2v) is 5.69. The molecule has 2 rings (SSSR count). The van der Waals surface area contributed by atoms with Gasteiger partial charge in [0.2, 0.25) is 0 Å². The summed E-state index contributed by atoms with van der Waals surface area (Å²) in [6.07, 6.45) is 0.677. The summed E-state index contributed by atoms with van der Waals surface area (Å²) in [7, 11) is 1.87. The van der Waals surface area contributed by atoms with Crippen LogP contribution in [-0.2, 0) is 6.42 Å². The first-order valence-electron chi connectivity index (χ1n) is 6.38. The average molecular weight is 312 g/mol. The smallest absolute Gasteiger partial charge is 0.123 e. The molecule has 0 amide bonds. The van der Waals surface area contributed by atoms with Crippen molar-refractivity contribution in [3.05, 3.63) is 69.0 Å². The molecule has 1 unspecified atom stereocenters. The summed E-state index contributed by atoms with van der Waals surface area (Å²) in [5.41, 5.74) is 3.04. The van der Waals surface area contributed by atoms with E-state index in [1.54, 1.807) is 18.2 Å². The van der Waals surface area contributed by atoms with Crippen molar-refractivity contribution in [2.24, 2.45) is 0 Å². The van der Waals surface area contributed by atoms with Gasteiger partial charge < -0.3 is 5.32 Å². The van der Waals surface area contributed by atoms with Gasteiger partial charge in [-0.15, -0.1) is 0 Å². The molecular formula is C16H16Cl2FN. The highest BCUT2D eigenvalue weighted by molar-refractivity contribution is 6.34. The number of hydrogen-bond donors (Lipinski definition) is 1. The summed E-state index contributed by atoms with van der Waals surface area (Å²) in [5.74, 6) is -0.218. The summed E-state index contributed by atoms with van der Waals surface area (Å²) in [6, 6.07) is 10.3. The highest BCUT2D eigenvalue weighted by atomic mass is 35.5.